The second kappa shape index (κ2) is 9.23. The van der Waals surface area contributed by atoms with E-state index in [4.69, 9.17) is 4.42 Å². The number of nitrogens with one attached hydrogen (secondary N) is 2. The molecule has 0 radical (unpaired) electrons. The standard InChI is InChI=1S/C22H14F6N2O3/c23-21(24,25)15(13-5-2-1-3-6-13)12-19(31)30-17-9-8-14(11-16(17)22(26,27)28)29-20(32)18-7-4-10-33-18/h1-12H,(H,29,32)(H,30,31)/b15-12-. The Morgan fingerprint density at radius 1 is 0.848 bits per heavy atom. The van der Waals surface area contributed by atoms with E-state index in [1.54, 1.807) is 0 Å². The van der Waals surface area contributed by atoms with Crippen LogP contribution in [0.4, 0.5) is 37.7 Å². The molecular formula is C22H14F6N2O3. The summed E-state index contributed by atoms with van der Waals surface area (Å²) in [6.45, 7) is 0. The summed E-state index contributed by atoms with van der Waals surface area (Å²) in [4.78, 5) is 24.2. The van der Waals surface area contributed by atoms with Gasteiger partial charge in [-0.3, -0.25) is 9.59 Å². The van der Waals surface area contributed by atoms with Gasteiger partial charge in [0.05, 0.1) is 23.1 Å². The van der Waals surface area contributed by atoms with Gasteiger partial charge in [-0.05, 0) is 35.9 Å². The van der Waals surface area contributed by atoms with Crippen LogP contribution < -0.4 is 10.6 Å². The average molecular weight is 468 g/mol. The van der Waals surface area contributed by atoms with Gasteiger partial charge in [0, 0.05) is 11.8 Å². The molecule has 172 valence electrons. The van der Waals surface area contributed by atoms with Crippen molar-refractivity contribution in [3.8, 4) is 0 Å². The third kappa shape index (κ3) is 6.03. The Labute approximate surface area is 182 Å². The molecule has 0 saturated heterocycles. The van der Waals surface area contributed by atoms with Crippen LogP contribution in [0.2, 0.25) is 0 Å². The van der Waals surface area contributed by atoms with Crippen LogP contribution in [0.25, 0.3) is 5.57 Å². The summed E-state index contributed by atoms with van der Waals surface area (Å²) in [5.74, 6) is -2.37. The first-order valence-electron chi connectivity index (χ1n) is 9.16. The van der Waals surface area contributed by atoms with Crippen LogP contribution in [-0.4, -0.2) is 18.0 Å². The van der Waals surface area contributed by atoms with E-state index in [1.807, 2.05) is 5.32 Å². The molecule has 0 aliphatic carbocycles. The maximum absolute atomic E-state index is 13.5. The Morgan fingerprint density at radius 3 is 2.12 bits per heavy atom. The Balaban J connectivity index is 1.89. The van der Waals surface area contributed by atoms with Crippen LogP contribution in [-0.2, 0) is 11.0 Å². The lowest BCUT2D eigenvalue weighted by molar-refractivity contribution is -0.136. The molecule has 33 heavy (non-hydrogen) atoms. The molecule has 0 aliphatic rings. The smallest absolute Gasteiger partial charge is 0.418 e. The van der Waals surface area contributed by atoms with Crippen molar-refractivity contribution in [3.05, 3.63) is 89.9 Å². The van der Waals surface area contributed by atoms with Crippen molar-refractivity contribution < 1.29 is 40.3 Å². The lowest BCUT2D eigenvalue weighted by Gasteiger charge is -2.16. The molecule has 1 aromatic heterocycles. The van der Waals surface area contributed by atoms with Gasteiger partial charge in [0.25, 0.3) is 5.91 Å². The fourth-order valence-corrected chi connectivity index (χ4v) is 2.81. The van der Waals surface area contributed by atoms with Crippen molar-refractivity contribution in [2.45, 2.75) is 12.4 Å². The van der Waals surface area contributed by atoms with E-state index < -0.39 is 41.0 Å². The Hall–Kier alpha value is -4.02. The third-order valence-electron chi connectivity index (χ3n) is 4.25. The molecule has 0 bridgehead atoms. The van der Waals surface area contributed by atoms with Crippen molar-refractivity contribution in [1.82, 2.24) is 0 Å². The predicted molar refractivity (Wildman–Crippen MR) is 107 cm³/mol. The molecule has 11 heteroatoms. The summed E-state index contributed by atoms with van der Waals surface area (Å²) < 4.78 is 85.6. The van der Waals surface area contributed by atoms with Crippen molar-refractivity contribution in [2.24, 2.45) is 0 Å². The van der Waals surface area contributed by atoms with Crippen LogP contribution in [0.5, 0.6) is 0 Å². The second-order valence-electron chi connectivity index (χ2n) is 6.60. The fourth-order valence-electron chi connectivity index (χ4n) is 2.81. The van der Waals surface area contributed by atoms with Gasteiger partial charge < -0.3 is 15.1 Å². The number of benzene rings is 2. The minimum absolute atomic E-state index is 0.147. The SMILES string of the molecule is O=C(/C=C(/c1ccccc1)C(F)(F)F)Nc1ccc(NC(=O)c2ccco2)cc1C(F)(F)F. The maximum atomic E-state index is 13.5. The summed E-state index contributed by atoms with van der Waals surface area (Å²) in [5, 5.41) is 4.04. The van der Waals surface area contributed by atoms with Crippen LogP contribution >= 0.6 is 0 Å². The lowest BCUT2D eigenvalue weighted by Crippen LogP contribution is -2.19. The van der Waals surface area contributed by atoms with E-state index in [9.17, 15) is 35.9 Å². The number of halogens is 6. The first kappa shape index (κ1) is 23.6. The highest BCUT2D eigenvalue weighted by Gasteiger charge is 2.36. The van der Waals surface area contributed by atoms with E-state index in [-0.39, 0.29) is 23.1 Å². The van der Waals surface area contributed by atoms with E-state index >= 15 is 0 Å². The summed E-state index contributed by atoms with van der Waals surface area (Å²) >= 11 is 0. The van der Waals surface area contributed by atoms with E-state index in [1.165, 1.54) is 36.6 Å². The number of carbonyl (C=O) groups is 2. The summed E-state index contributed by atoms with van der Waals surface area (Å²) in [7, 11) is 0. The molecule has 0 atom stereocenters. The molecule has 3 rings (SSSR count). The average Bonchev–Trinajstić information content (AvgIpc) is 3.27. The van der Waals surface area contributed by atoms with Crippen molar-refractivity contribution in [2.75, 3.05) is 10.6 Å². The van der Waals surface area contributed by atoms with Gasteiger partial charge in [-0.1, -0.05) is 30.3 Å². The highest BCUT2D eigenvalue weighted by atomic mass is 19.4. The van der Waals surface area contributed by atoms with Gasteiger partial charge >= 0.3 is 12.4 Å². The monoisotopic (exact) mass is 468 g/mol. The number of hydrogen-bond acceptors (Lipinski definition) is 3. The first-order chi connectivity index (χ1) is 15.4. The maximum Gasteiger partial charge on any atom is 0.418 e. The molecular weight excluding hydrogens is 454 g/mol. The molecule has 3 aromatic rings. The Bertz CT molecular complexity index is 1170. The molecule has 0 fully saturated rings. The molecule has 2 N–H and O–H groups in total. The summed E-state index contributed by atoms with van der Waals surface area (Å²) in [6.07, 6.45) is -8.52. The minimum Gasteiger partial charge on any atom is -0.459 e. The van der Waals surface area contributed by atoms with Crippen LogP contribution in [0.1, 0.15) is 21.7 Å². The number of hydrogen-bond donors (Lipinski definition) is 2. The normalized spacial score (nSPS) is 12.4. The number of amides is 2. The van der Waals surface area contributed by atoms with Crippen molar-refractivity contribution in [3.63, 3.8) is 0 Å². The molecule has 0 saturated carbocycles. The van der Waals surface area contributed by atoms with E-state index in [2.05, 4.69) is 5.32 Å². The quantitative estimate of drug-likeness (QED) is 0.349. The number of anilines is 2. The van der Waals surface area contributed by atoms with Gasteiger partial charge in [0.1, 0.15) is 0 Å². The lowest BCUT2D eigenvalue weighted by atomic mass is 10.0. The van der Waals surface area contributed by atoms with Gasteiger partial charge in [-0.15, -0.1) is 0 Å². The first-order valence-corrected chi connectivity index (χ1v) is 9.16. The van der Waals surface area contributed by atoms with Gasteiger partial charge in [0.15, 0.2) is 5.76 Å². The zero-order valence-electron chi connectivity index (χ0n) is 16.4. The number of furan rings is 1. The number of rotatable bonds is 5. The van der Waals surface area contributed by atoms with Gasteiger partial charge in [-0.2, -0.15) is 26.3 Å². The summed E-state index contributed by atoms with van der Waals surface area (Å²) in [6, 6.07) is 11.5. The van der Waals surface area contributed by atoms with Crippen LogP contribution in [0.15, 0.2) is 77.4 Å². The van der Waals surface area contributed by atoms with Gasteiger partial charge in [-0.25, -0.2) is 0 Å². The largest absolute Gasteiger partial charge is 0.459 e. The molecule has 0 spiro atoms. The highest BCUT2D eigenvalue weighted by molar-refractivity contribution is 6.06. The van der Waals surface area contributed by atoms with Crippen LogP contribution in [0, 0.1) is 0 Å². The fraction of sp³-hybridized carbons (Fsp3) is 0.0909. The predicted octanol–water partition coefficient (Wildman–Crippen LogP) is 6.14. The van der Waals surface area contributed by atoms with Gasteiger partial charge in [0.2, 0.25) is 5.91 Å². The minimum atomic E-state index is -4.98. The molecule has 5 nitrogen and oxygen atoms in total. The van der Waals surface area contributed by atoms with E-state index in [0.29, 0.717) is 6.07 Å². The van der Waals surface area contributed by atoms with E-state index in [0.717, 1.165) is 24.3 Å². The van der Waals surface area contributed by atoms with Crippen molar-refractivity contribution in [1.29, 1.82) is 0 Å². The molecule has 1 heterocycles. The molecule has 2 aromatic carbocycles. The summed E-state index contributed by atoms with van der Waals surface area (Å²) in [5.41, 5.74) is -4.06. The zero-order chi connectivity index (χ0) is 24.2. The highest BCUT2D eigenvalue weighted by Crippen LogP contribution is 2.37. The number of alkyl halides is 6. The second-order valence-corrected chi connectivity index (χ2v) is 6.60. The van der Waals surface area contributed by atoms with Crippen molar-refractivity contribution >= 4 is 28.8 Å². The molecule has 2 amide bonds. The topological polar surface area (TPSA) is 71.3 Å². The molecule has 0 unspecified atom stereocenters. The zero-order valence-corrected chi connectivity index (χ0v) is 16.4. The number of allylic oxidation sites excluding steroid dienone is 1. The Kier molecular flexibility index (Phi) is 6.61. The molecule has 0 aliphatic heterocycles. The third-order valence-corrected chi connectivity index (χ3v) is 4.25. The van der Waals surface area contributed by atoms with Crippen LogP contribution in [0.3, 0.4) is 0 Å². The number of carbonyl (C=O) groups excluding carboxylic acids is 2. The Morgan fingerprint density at radius 2 is 1.55 bits per heavy atom.